The summed E-state index contributed by atoms with van der Waals surface area (Å²) in [7, 11) is 1.70. The number of aliphatic hydroxyl groups excluding tert-OH is 1. The molecule has 0 aliphatic heterocycles. The van der Waals surface area contributed by atoms with E-state index in [0.717, 1.165) is 18.7 Å². The molecule has 0 radical (unpaired) electrons. The summed E-state index contributed by atoms with van der Waals surface area (Å²) < 4.78 is 5.08. The molecular weight excluding hydrogens is 238 g/mol. The van der Waals surface area contributed by atoms with Crippen molar-refractivity contribution in [3.05, 3.63) is 35.4 Å². The summed E-state index contributed by atoms with van der Waals surface area (Å²) in [5.74, 6) is 0.528. The van der Waals surface area contributed by atoms with E-state index in [1.54, 1.807) is 7.11 Å². The topological polar surface area (TPSA) is 32.7 Å². The van der Waals surface area contributed by atoms with E-state index in [2.05, 4.69) is 37.8 Å². The molecule has 108 valence electrons. The highest BCUT2D eigenvalue weighted by molar-refractivity contribution is 5.26. The first-order valence-corrected chi connectivity index (χ1v) is 7.07. The van der Waals surface area contributed by atoms with Gasteiger partial charge in [0.25, 0.3) is 0 Å². The molecule has 19 heavy (non-hydrogen) atoms. The summed E-state index contributed by atoms with van der Waals surface area (Å²) in [6, 6.07) is 8.28. The number of likely N-dealkylation sites (N-methyl/N-ethyl adjacent to an activating group) is 1. The molecule has 0 spiro atoms. The van der Waals surface area contributed by atoms with Crippen LogP contribution < -0.4 is 0 Å². The van der Waals surface area contributed by atoms with Crippen molar-refractivity contribution in [2.75, 3.05) is 33.4 Å². The van der Waals surface area contributed by atoms with Gasteiger partial charge in [0.15, 0.2) is 0 Å². The largest absolute Gasteiger partial charge is 0.387 e. The van der Waals surface area contributed by atoms with Crippen LogP contribution in [0.2, 0.25) is 0 Å². The molecule has 0 fully saturated rings. The molecule has 1 unspecified atom stereocenters. The van der Waals surface area contributed by atoms with Gasteiger partial charge >= 0.3 is 0 Å². The zero-order chi connectivity index (χ0) is 14.3. The van der Waals surface area contributed by atoms with Gasteiger partial charge < -0.3 is 9.84 Å². The predicted octanol–water partition coefficient (Wildman–Crippen LogP) is 2.81. The molecule has 1 N–H and O–H groups in total. The molecule has 0 saturated carbocycles. The lowest BCUT2D eigenvalue weighted by Gasteiger charge is -2.23. The third kappa shape index (κ3) is 5.31. The van der Waals surface area contributed by atoms with Crippen LogP contribution in [0.3, 0.4) is 0 Å². The number of hydrogen-bond donors (Lipinski definition) is 1. The molecule has 0 aromatic heterocycles. The molecule has 1 atom stereocenters. The van der Waals surface area contributed by atoms with Crippen LogP contribution in [-0.4, -0.2) is 43.4 Å². The highest BCUT2D eigenvalue weighted by atomic mass is 16.5. The Bertz CT molecular complexity index is 348. The molecule has 0 aliphatic rings. The van der Waals surface area contributed by atoms with E-state index in [-0.39, 0.29) is 0 Å². The van der Waals surface area contributed by atoms with Crippen LogP contribution in [-0.2, 0) is 4.74 Å². The Hall–Kier alpha value is -0.900. The van der Waals surface area contributed by atoms with Crippen molar-refractivity contribution in [2.45, 2.75) is 32.8 Å². The van der Waals surface area contributed by atoms with Crippen molar-refractivity contribution < 1.29 is 9.84 Å². The minimum absolute atomic E-state index is 0.432. The van der Waals surface area contributed by atoms with E-state index in [1.165, 1.54) is 5.56 Å². The predicted molar refractivity (Wildman–Crippen MR) is 79.5 cm³/mol. The normalized spacial score (nSPS) is 13.2. The standard InChI is InChI=1S/C16H27NO2/c1-5-17(10-11-19-4)12-16(18)15-8-6-14(7-9-15)13(2)3/h6-9,13,16,18H,5,10-12H2,1-4H3. The van der Waals surface area contributed by atoms with Gasteiger partial charge in [-0.15, -0.1) is 0 Å². The number of hydrogen-bond acceptors (Lipinski definition) is 3. The van der Waals surface area contributed by atoms with Gasteiger partial charge in [-0.25, -0.2) is 0 Å². The molecule has 0 bridgehead atoms. The molecule has 3 heteroatoms. The van der Waals surface area contributed by atoms with Gasteiger partial charge in [0.05, 0.1) is 12.7 Å². The fourth-order valence-electron chi connectivity index (χ4n) is 2.05. The molecule has 3 nitrogen and oxygen atoms in total. The van der Waals surface area contributed by atoms with Crippen LogP contribution in [0.4, 0.5) is 0 Å². The monoisotopic (exact) mass is 265 g/mol. The van der Waals surface area contributed by atoms with Gasteiger partial charge in [-0.2, -0.15) is 0 Å². The van der Waals surface area contributed by atoms with Crippen molar-refractivity contribution in [3.63, 3.8) is 0 Å². The average molecular weight is 265 g/mol. The van der Waals surface area contributed by atoms with E-state index in [1.807, 2.05) is 12.1 Å². The third-order valence-electron chi connectivity index (χ3n) is 3.48. The van der Waals surface area contributed by atoms with Gasteiger partial charge in [-0.3, -0.25) is 4.90 Å². The van der Waals surface area contributed by atoms with Crippen molar-refractivity contribution in [3.8, 4) is 0 Å². The first-order valence-electron chi connectivity index (χ1n) is 7.07. The smallest absolute Gasteiger partial charge is 0.0916 e. The van der Waals surface area contributed by atoms with Crippen LogP contribution in [0.5, 0.6) is 0 Å². The van der Waals surface area contributed by atoms with E-state index < -0.39 is 6.10 Å². The zero-order valence-electron chi connectivity index (χ0n) is 12.6. The number of nitrogens with zero attached hydrogens (tertiary/aromatic N) is 1. The summed E-state index contributed by atoms with van der Waals surface area (Å²) in [6.45, 7) is 9.58. The molecule has 0 heterocycles. The highest BCUT2D eigenvalue weighted by Gasteiger charge is 2.12. The molecule has 0 aliphatic carbocycles. The maximum absolute atomic E-state index is 10.3. The lowest BCUT2D eigenvalue weighted by molar-refractivity contribution is 0.0920. The van der Waals surface area contributed by atoms with Gasteiger partial charge in [-0.1, -0.05) is 45.0 Å². The Labute approximate surface area is 117 Å². The summed E-state index contributed by atoms with van der Waals surface area (Å²) in [4.78, 5) is 2.20. The van der Waals surface area contributed by atoms with Crippen molar-refractivity contribution in [1.29, 1.82) is 0 Å². The second-order valence-electron chi connectivity index (χ2n) is 5.22. The van der Waals surface area contributed by atoms with Crippen LogP contribution in [0.15, 0.2) is 24.3 Å². The van der Waals surface area contributed by atoms with Gasteiger partial charge in [0.2, 0.25) is 0 Å². The number of rotatable bonds is 8. The average Bonchev–Trinajstić information content (AvgIpc) is 2.43. The summed E-state index contributed by atoms with van der Waals surface area (Å²) in [5.41, 5.74) is 2.29. The van der Waals surface area contributed by atoms with Crippen LogP contribution in [0, 0.1) is 0 Å². The second kappa shape index (κ2) is 8.31. The van der Waals surface area contributed by atoms with E-state index in [0.29, 0.717) is 19.1 Å². The maximum atomic E-state index is 10.3. The van der Waals surface area contributed by atoms with Crippen LogP contribution >= 0.6 is 0 Å². The molecule has 1 rings (SSSR count). The highest BCUT2D eigenvalue weighted by Crippen LogP contribution is 2.19. The Kier molecular flexibility index (Phi) is 7.06. The minimum Gasteiger partial charge on any atom is -0.387 e. The molecular formula is C16H27NO2. The number of ether oxygens (including phenoxy) is 1. The molecule has 0 saturated heterocycles. The van der Waals surface area contributed by atoms with Crippen LogP contribution in [0.25, 0.3) is 0 Å². The van der Waals surface area contributed by atoms with Crippen molar-refractivity contribution in [2.24, 2.45) is 0 Å². The number of aliphatic hydroxyl groups is 1. The first kappa shape index (κ1) is 16.2. The van der Waals surface area contributed by atoms with Crippen molar-refractivity contribution in [1.82, 2.24) is 4.90 Å². The molecule has 1 aromatic carbocycles. The van der Waals surface area contributed by atoms with E-state index >= 15 is 0 Å². The Balaban J connectivity index is 2.58. The second-order valence-corrected chi connectivity index (χ2v) is 5.22. The number of methoxy groups -OCH3 is 1. The molecule has 1 aromatic rings. The van der Waals surface area contributed by atoms with E-state index in [9.17, 15) is 5.11 Å². The lowest BCUT2D eigenvalue weighted by Crippen LogP contribution is -2.31. The summed E-state index contributed by atoms with van der Waals surface area (Å²) in [6.07, 6.45) is -0.432. The van der Waals surface area contributed by atoms with E-state index in [4.69, 9.17) is 4.74 Å². The summed E-state index contributed by atoms with van der Waals surface area (Å²) >= 11 is 0. The van der Waals surface area contributed by atoms with Crippen LogP contribution in [0.1, 0.15) is 43.9 Å². The first-order chi connectivity index (χ1) is 9.08. The summed E-state index contributed by atoms with van der Waals surface area (Å²) in [5, 5.41) is 10.3. The SMILES string of the molecule is CCN(CCOC)CC(O)c1ccc(C(C)C)cc1. The molecule has 0 amide bonds. The Morgan fingerprint density at radius 2 is 1.74 bits per heavy atom. The fraction of sp³-hybridized carbons (Fsp3) is 0.625. The fourth-order valence-corrected chi connectivity index (χ4v) is 2.05. The lowest BCUT2D eigenvalue weighted by atomic mass is 10.00. The van der Waals surface area contributed by atoms with Gasteiger partial charge in [0.1, 0.15) is 0 Å². The maximum Gasteiger partial charge on any atom is 0.0916 e. The zero-order valence-corrected chi connectivity index (χ0v) is 12.6. The third-order valence-corrected chi connectivity index (χ3v) is 3.48. The Morgan fingerprint density at radius 3 is 2.21 bits per heavy atom. The van der Waals surface area contributed by atoms with Crippen molar-refractivity contribution >= 4 is 0 Å². The van der Waals surface area contributed by atoms with Gasteiger partial charge in [0, 0.05) is 20.2 Å². The number of benzene rings is 1. The Morgan fingerprint density at radius 1 is 1.16 bits per heavy atom. The quantitative estimate of drug-likeness (QED) is 0.784. The van der Waals surface area contributed by atoms with Gasteiger partial charge in [-0.05, 0) is 23.6 Å². The minimum atomic E-state index is -0.432.